The van der Waals surface area contributed by atoms with Crippen molar-refractivity contribution in [2.24, 2.45) is 0 Å². The minimum Gasteiger partial charge on any atom is -0.330 e. The highest BCUT2D eigenvalue weighted by molar-refractivity contribution is 5.72. The summed E-state index contributed by atoms with van der Waals surface area (Å²) >= 11 is 0. The van der Waals surface area contributed by atoms with Crippen LogP contribution in [-0.2, 0) is 0 Å². The van der Waals surface area contributed by atoms with E-state index in [1.807, 2.05) is 12.1 Å². The van der Waals surface area contributed by atoms with Crippen LogP contribution >= 0.6 is 0 Å². The Morgan fingerprint density at radius 3 is 1.62 bits per heavy atom. The predicted molar refractivity (Wildman–Crippen MR) is 54.4 cm³/mol. The summed E-state index contributed by atoms with van der Waals surface area (Å²) in [7, 11) is 7.17. The van der Waals surface area contributed by atoms with Gasteiger partial charge in [0.05, 0.1) is 0 Å². The van der Waals surface area contributed by atoms with Gasteiger partial charge in [-0.3, -0.25) is 5.01 Å². The van der Waals surface area contributed by atoms with Crippen LogP contribution in [0.15, 0.2) is 0 Å². The molecule has 0 saturated heterocycles. The molecule has 0 aromatic heterocycles. The maximum atomic E-state index is 11.5. The van der Waals surface area contributed by atoms with Crippen LogP contribution in [-0.4, -0.2) is 54.7 Å². The Balaban J connectivity index is 4.43. The van der Waals surface area contributed by atoms with Crippen LogP contribution in [0, 0.1) is 0 Å². The number of amides is 2. The summed E-state index contributed by atoms with van der Waals surface area (Å²) < 4.78 is 0. The lowest BCUT2D eigenvalue weighted by atomic mass is 10.1. The first-order chi connectivity index (χ1) is 5.68. The van der Waals surface area contributed by atoms with Crippen LogP contribution in [0.2, 0.25) is 0 Å². The standard InChI is InChI=1S/C9H21N3O/c1-9(2,3)12(7)11(6)8(13)10(4)5/h1-7H3. The molecule has 0 aliphatic rings. The van der Waals surface area contributed by atoms with Gasteiger partial charge in [0.1, 0.15) is 0 Å². The van der Waals surface area contributed by atoms with E-state index in [9.17, 15) is 4.79 Å². The second kappa shape index (κ2) is 3.96. The van der Waals surface area contributed by atoms with Gasteiger partial charge < -0.3 is 4.90 Å². The molecule has 0 radical (unpaired) electrons. The second-order valence-electron chi connectivity index (χ2n) is 4.40. The summed E-state index contributed by atoms with van der Waals surface area (Å²) in [6.45, 7) is 6.19. The van der Waals surface area contributed by atoms with Crippen molar-refractivity contribution in [3.8, 4) is 0 Å². The summed E-state index contributed by atoms with van der Waals surface area (Å²) in [5, 5.41) is 3.52. The molecule has 0 aliphatic carbocycles. The number of nitrogens with zero attached hydrogens (tertiary/aromatic N) is 3. The van der Waals surface area contributed by atoms with Crippen LogP contribution < -0.4 is 0 Å². The highest BCUT2D eigenvalue weighted by Crippen LogP contribution is 2.12. The summed E-state index contributed by atoms with van der Waals surface area (Å²) in [5.41, 5.74) is -0.0413. The number of carbonyl (C=O) groups is 1. The third kappa shape index (κ3) is 3.22. The van der Waals surface area contributed by atoms with Crippen molar-refractivity contribution in [2.75, 3.05) is 28.2 Å². The number of hydrogen-bond donors (Lipinski definition) is 0. The molecule has 13 heavy (non-hydrogen) atoms. The Labute approximate surface area is 81.1 Å². The predicted octanol–water partition coefficient (Wildman–Crippen LogP) is 1.25. The largest absolute Gasteiger partial charge is 0.333 e. The molecule has 0 saturated carbocycles. The van der Waals surface area contributed by atoms with E-state index in [4.69, 9.17) is 0 Å². The lowest BCUT2D eigenvalue weighted by Crippen LogP contribution is -2.53. The maximum absolute atomic E-state index is 11.5. The maximum Gasteiger partial charge on any atom is 0.333 e. The molecule has 4 nitrogen and oxygen atoms in total. The van der Waals surface area contributed by atoms with Gasteiger partial charge in [-0.2, -0.15) is 0 Å². The van der Waals surface area contributed by atoms with Gasteiger partial charge in [0, 0.05) is 33.7 Å². The topological polar surface area (TPSA) is 26.8 Å². The summed E-state index contributed by atoms with van der Waals surface area (Å²) in [6, 6.07) is -0.0163. The zero-order chi connectivity index (χ0) is 10.8. The lowest BCUT2D eigenvalue weighted by Gasteiger charge is -2.39. The molecule has 0 heterocycles. The van der Waals surface area contributed by atoms with Crippen LogP contribution in [0.1, 0.15) is 20.8 Å². The zero-order valence-electron chi connectivity index (χ0n) is 9.75. The van der Waals surface area contributed by atoms with E-state index in [1.165, 1.54) is 0 Å². The number of hydrazine groups is 1. The van der Waals surface area contributed by atoms with Gasteiger partial charge in [-0.1, -0.05) is 0 Å². The van der Waals surface area contributed by atoms with Gasteiger partial charge in [-0.05, 0) is 20.8 Å². The van der Waals surface area contributed by atoms with E-state index in [0.717, 1.165) is 0 Å². The smallest absolute Gasteiger partial charge is 0.330 e. The van der Waals surface area contributed by atoms with Crippen molar-refractivity contribution in [3.63, 3.8) is 0 Å². The molecular weight excluding hydrogens is 166 g/mol. The average molecular weight is 187 g/mol. The van der Waals surface area contributed by atoms with Crippen LogP contribution in [0.5, 0.6) is 0 Å². The molecule has 0 N–H and O–H groups in total. The minimum absolute atomic E-state index is 0.0163. The van der Waals surface area contributed by atoms with Crippen molar-refractivity contribution in [1.82, 2.24) is 14.9 Å². The molecule has 0 aliphatic heterocycles. The Kier molecular flexibility index (Phi) is 3.72. The van der Waals surface area contributed by atoms with Crippen LogP contribution in [0.25, 0.3) is 0 Å². The third-order valence-corrected chi connectivity index (χ3v) is 2.08. The highest BCUT2D eigenvalue weighted by atomic mass is 16.2. The number of rotatable bonds is 1. The molecule has 0 aromatic carbocycles. The summed E-state index contributed by atoms with van der Waals surface area (Å²) in [5.74, 6) is 0. The zero-order valence-corrected chi connectivity index (χ0v) is 9.75. The second-order valence-corrected chi connectivity index (χ2v) is 4.40. The molecule has 0 fully saturated rings. The van der Waals surface area contributed by atoms with Gasteiger partial charge in [0.25, 0.3) is 0 Å². The van der Waals surface area contributed by atoms with Crippen molar-refractivity contribution >= 4 is 6.03 Å². The Morgan fingerprint density at radius 2 is 1.38 bits per heavy atom. The van der Waals surface area contributed by atoms with E-state index >= 15 is 0 Å². The van der Waals surface area contributed by atoms with E-state index in [2.05, 4.69) is 20.8 Å². The normalized spacial score (nSPS) is 11.7. The first-order valence-electron chi connectivity index (χ1n) is 4.36. The molecule has 0 atom stereocenters. The minimum atomic E-state index is -0.0413. The average Bonchev–Trinajstić information content (AvgIpc) is 1.98. The fraction of sp³-hybridized carbons (Fsp3) is 0.889. The molecule has 0 unspecified atom stereocenters. The highest BCUT2D eigenvalue weighted by Gasteiger charge is 2.24. The van der Waals surface area contributed by atoms with E-state index in [1.54, 1.807) is 31.1 Å². The van der Waals surface area contributed by atoms with Crippen molar-refractivity contribution in [3.05, 3.63) is 0 Å². The molecule has 2 amide bonds. The van der Waals surface area contributed by atoms with Crippen molar-refractivity contribution in [1.29, 1.82) is 0 Å². The Bertz CT molecular complexity index is 184. The van der Waals surface area contributed by atoms with Gasteiger partial charge in [0.15, 0.2) is 0 Å². The molecule has 0 bridgehead atoms. The monoisotopic (exact) mass is 187 g/mol. The molecule has 4 heteroatoms. The fourth-order valence-corrected chi connectivity index (χ4v) is 0.868. The molecule has 78 valence electrons. The fourth-order valence-electron chi connectivity index (χ4n) is 0.868. The van der Waals surface area contributed by atoms with E-state index < -0.39 is 0 Å². The number of urea groups is 1. The van der Waals surface area contributed by atoms with Gasteiger partial charge >= 0.3 is 6.03 Å². The molecule has 0 aromatic rings. The number of carbonyl (C=O) groups excluding carboxylic acids is 1. The quantitative estimate of drug-likeness (QED) is 0.578. The molecular formula is C9H21N3O. The molecule has 0 spiro atoms. The Hall–Kier alpha value is -0.770. The van der Waals surface area contributed by atoms with Gasteiger partial charge in [0.2, 0.25) is 0 Å². The Morgan fingerprint density at radius 1 is 1.00 bits per heavy atom. The van der Waals surface area contributed by atoms with E-state index in [0.29, 0.717) is 0 Å². The van der Waals surface area contributed by atoms with Crippen molar-refractivity contribution in [2.45, 2.75) is 26.3 Å². The van der Waals surface area contributed by atoms with Crippen molar-refractivity contribution < 1.29 is 4.79 Å². The number of hydrogen-bond acceptors (Lipinski definition) is 2. The lowest BCUT2D eigenvalue weighted by molar-refractivity contribution is -0.0211. The summed E-state index contributed by atoms with van der Waals surface area (Å²) in [4.78, 5) is 13.1. The SMILES string of the molecule is CN(C)C(=O)N(C)N(C)C(C)(C)C. The van der Waals surface area contributed by atoms with E-state index in [-0.39, 0.29) is 11.6 Å². The summed E-state index contributed by atoms with van der Waals surface area (Å²) in [6.07, 6.45) is 0. The van der Waals surface area contributed by atoms with Crippen LogP contribution in [0.4, 0.5) is 4.79 Å². The third-order valence-electron chi connectivity index (χ3n) is 2.08. The first kappa shape index (κ1) is 12.2. The van der Waals surface area contributed by atoms with Crippen LogP contribution in [0.3, 0.4) is 0 Å². The molecule has 0 rings (SSSR count). The first-order valence-corrected chi connectivity index (χ1v) is 4.36. The van der Waals surface area contributed by atoms with Gasteiger partial charge in [-0.25, -0.2) is 9.80 Å². The van der Waals surface area contributed by atoms with Gasteiger partial charge in [-0.15, -0.1) is 0 Å².